The van der Waals surface area contributed by atoms with Gasteiger partial charge in [-0.3, -0.25) is 9.59 Å². The average molecular weight is 475 g/mol. The van der Waals surface area contributed by atoms with E-state index in [2.05, 4.69) is 21.2 Å². The van der Waals surface area contributed by atoms with Crippen molar-refractivity contribution in [1.29, 1.82) is 0 Å². The van der Waals surface area contributed by atoms with Crippen LogP contribution in [0.1, 0.15) is 43.9 Å². The Kier molecular flexibility index (Phi) is 8.90. The topological polar surface area (TPSA) is 58.6 Å². The van der Waals surface area contributed by atoms with E-state index in [4.69, 9.17) is 4.74 Å². The fourth-order valence-corrected chi connectivity index (χ4v) is 3.18. The highest BCUT2D eigenvalue weighted by Crippen LogP contribution is 2.20. The number of nitrogens with zero attached hydrogens (tertiary/aromatic N) is 1. The second kappa shape index (κ2) is 11.2. The maximum Gasteiger partial charge on any atom is 0.261 e. The van der Waals surface area contributed by atoms with Crippen LogP contribution in [0, 0.1) is 13.8 Å². The Labute approximate surface area is 187 Å². The van der Waals surface area contributed by atoms with Gasteiger partial charge in [-0.25, -0.2) is 0 Å². The summed E-state index contributed by atoms with van der Waals surface area (Å²) in [4.78, 5) is 27.4. The summed E-state index contributed by atoms with van der Waals surface area (Å²) in [7, 11) is 0. The molecule has 0 bridgehead atoms. The van der Waals surface area contributed by atoms with Gasteiger partial charge in [-0.2, -0.15) is 0 Å². The number of hydrogen-bond acceptors (Lipinski definition) is 3. The Bertz CT molecular complexity index is 867. The molecule has 162 valence electrons. The number of aryl methyl sites for hydroxylation is 2. The third-order valence-electron chi connectivity index (χ3n) is 5.13. The van der Waals surface area contributed by atoms with Crippen molar-refractivity contribution >= 4 is 27.7 Å². The summed E-state index contributed by atoms with van der Waals surface area (Å²) in [5.74, 6) is 0.288. The zero-order valence-electron chi connectivity index (χ0n) is 18.4. The first-order chi connectivity index (χ1) is 14.2. The van der Waals surface area contributed by atoms with E-state index >= 15 is 0 Å². The zero-order valence-corrected chi connectivity index (χ0v) is 20.0. The first kappa shape index (κ1) is 23.9. The minimum atomic E-state index is -0.614. The smallest absolute Gasteiger partial charge is 0.261 e. The molecule has 0 aliphatic carbocycles. The molecule has 0 radical (unpaired) electrons. The van der Waals surface area contributed by atoms with E-state index in [0.717, 1.165) is 27.6 Å². The number of halogens is 1. The maximum absolute atomic E-state index is 13.1. The van der Waals surface area contributed by atoms with E-state index in [0.29, 0.717) is 12.3 Å². The Hall–Kier alpha value is -2.34. The summed E-state index contributed by atoms with van der Waals surface area (Å²) in [6.07, 6.45) is 0.828. The first-order valence-electron chi connectivity index (χ1n) is 10.3. The lowest BCUT2D eigenvalue weighted by atomic mass is 10.1. The molecule has 0 aliphatic heterocycles. The lowest BCUT2D eigenvalue weighted by Gasteiger charge is -2.29. The van der Waals surface area contributed by atoms with E-state index in [-0.39, 0.29) is 24.5 Å². The van der Waals surface area contributed by atoms with Gasteiger partial charge < -0.3 is 15.0 Å². The minimum Gasteiger partial charge on any atom is -0.483 e. The number of hydrogen-bond donors (Lipinski definition) is 1. The number of nitrogens with one attached hydrogen (secondary N) is 1. The van der Waals surface area contributed by atoms with Gasteiger partial charge in [0.15, 0.2) is 6.61 Å². The molecule has 2 rings (SSSR count). The zero-order chi connectivity index (χ0) is 22.3. The average Bonchev–Trinajstić information content (AvgIpc) is 2.73. The predicted octanol–water partition coefficient (Wildman–Crippen LogP) is 4.78. The van der Waals surface area contributed by atoms with Crippen LogP contribution in [0.25, 0.3) is 0 Å². The number of ether oxygens (including phenoxy) is 1. The van der Waals surface area contributed by atoms with Gasteiger partial charge in [0.25, 0.3) is 5.91 Å². The summed E-state index contributed by atoms with van der Waals surface area (Å²) in [5, 5.41) is 2.97. The van der Waals surface area contributed by atoms with Crippen LogP contribution in [0.4, 0.5) is 0 Å². The molecule has 6 heteroatoms. The molecule has 0 aromatic heterocycles. The van der Waals surface area contributed by atoms with Crippen molar-refractivity contribution in [3.8, 4) is 5.75 Å². The molecule has 2 atom stereocenters. The second-order valence-corrected chi connectivity index (χ2v) is 8.62. The van der Waals surface area contributed by atoms with Crippen molar-refractivity contribution in [3.63, 3.8) is 0 Å². The van der Waals surface area contributed by atoms with Crippen molar-refractivity contribution in [1.82, 2.24) is 10.2 Å². The maximum atomic E-state index is 13.1. The molecule has 5 nitrogen and oxygen atoms in total. The van der Waals surface area contributed by atoms with Crippen LogP contribution in [-0.4, -0.2) is 35.4 Å². The van der Waals surface area contributed by atoms with Crippen LogP contribution in [0.2, 0.25) is 0 Å². The SMILES string of the molecule is CC[C@@H](C)NC(=O)[C@H](C)N(Cc1ccc(Br)cc1)C(=O)COc1cc(C)ccc1C. The highest BCUT2D eigenvalue weighted by Gasteiger charge is 2.27. The van der Waals surface area contributed by atoms with Crippen molar-refractivity contribution < 1.29 is 14.3 Å². The van der Waals surface area contributed by atoms with Gasteiger partial charge in [0.05, 0.1) is 0 Å². The van der Waals surface area contributed by atoms with E-state index < -0.39 is 6.04 Å². The Morgan fingerprint density at radius 2 is 1.77 bits per heavy atom. The molecule has 2 aromatic carbocycles. The van der Waals surface area contributed by atoms with Crippen LogP contribution in [-0.2, 0) is 16.1 Å². The van der Waals surface area contributed by atoms with E-state index in [9.17, 15) is 9.59 Å². The van der Waals surface area contributed by atoms with Crippen LogP contribution in [0.15, 0.2) is 46.9 Å². The number of benzene rings is 2. The molecule has 0 spiro atoms. The molecule has 0 aliphatic rings. The molecule has 2 aromatic rings. The van der Waals surface area contributed by atoms with Gasteiger partial charge >= 0.3 is 0 Å². The summed E-state index contributed by atoms with van der Waals surface area (Å²) < 4.78 is 6.78. The van der Waals surface area contributed by atoms with Gasteiger partial charge in [0.1, 0.15) is 11.8 Å². The third-order valence-corrected chi connectivity index (χ3v) is 5.66. The molecule has 30 heavy (non-hydrogen) atoms. The monoisotopic (exact) mass is 474 g/mol. The van der Waals surface area contributed by atoms with E-state index in [1.54, 1.807) is 11.8 Å². The van der Waals surface area contributed by atoms with Crippen LogP contribution < -0.4 is 10.1 Å². The summed E-state index contributed by atoms with van der Waals surface area (Å²) in [5.41, 5.74) is 2.98. The van der Waals surface area contributed by atoms with Crippen molar-refractivity contribution in [2.45, 2.75) is 59.7 Å². The summed E-state index contributed by atoms with van der Waals surface area (Å²) in [6, 6.07) is 13.1. The first-order valence-corrected chi connectivity index (χ1v) is 11.0. The molecular weight excluding hydrogens is 444 g/mol. The fourth-order valence-electron chi connectivity index (χ4n) is 2.92. The number of rotatable bonds is 9. The molecule has 0 saturated carbocycles. The van der Waals surface area contributed by atoms with Crippen LogP contribution in [0.5, 0.6) is 5.75 Å². The molecular formula is C24H31BrN2O3. The van der Waals surface area contributed by atoms with Gasteiger partial charge in [-0.15, -0.1) is 0 Å². The van der Waals surface area contributed by atoms with Gasteiger partial charge in [0.2, 0.25) is 5.91 Å². The van der Waals surface area contributed by atoms with Crippen molar-refractivity contribution in [2.75, 3.05) is 6.61 Å². The van der Waals surface area contributed by atoms with Crippen molar-refractivity contribution in [3.05, 3.63) is 63.6 Å². The summed E-state index contributed by atoms with van der Waals surface area (Å²) >= 11 is 3.43. The number of carbonyl (C=O) groups is 2. The Balaban J connectivity index is 2.17. The van der Waals surface area contributed by atoms with E-state index in [1.165, 1.54) is 0 Å². The third kappa shape index (κ3) is 6.87. The largest absolute Gasteiger partial charge is 0.483 e. The van der Waals surface area contributed by atoms with E-state index in [1.807, 2.05) is 70.2 Å². The molecule has 2 amide bonds. The normalized spacial score (nSPS) is 12.7. The highest BCUT2D eigenvalue weighted by atomic mass is 79.9. The molecule has 1 N–H and O–H groups in total. The van der Waals surface area contributed by atoms with Gasteiger partial charge in [-0.05, 0) is 69.0 Å². The molecule has 0 saturated heterocycles. The molecule has 0 unspecified atom stereocenters. The van der Waals surface area contributed by atoms with Gasteiger partial charge in [-0.1, -0.05) is 47.1 Å². The van der Waals surface area contributed by atoms with Crippen LogP contribution >= 0.6 is 15.9 Å². The lowest BCUT2D eigenvalue weighted by Crippen LogP contribution is -2.50. The van der Waals surface area contributed by atoms with Crippen molar-refractivity contribution in [2.24, 2.45) is 0 Å². The summed E-state index contributed by atoms with van der Waals surface area (Å²) in [6.45, 7) is 9.86. The second-order valence-electron chi connectivity index (χ2n) is 7.70. The molecule has 0 fully saturated rings. The lowest BCUT2D eigenvalue weighted by molar-refractivity contribution is -0.142. The fraction of sp³-hybridized carbons (Fsp3) is 0.417. The Morgan fingerprint density at radius 1 is 1.10 bits per heavy atom. The standard InChI is InChI=1S/C24H31BrN2O3/c1-6-18(4)26-24(29)19(5)27(14-20-9-11-21(25)12-10-20)23(28)15-30-22-13-16(2)7-8-17(22)3/h7-13,18-19H,6,14-15H2,1-5H3,(H,26,29)/t18-,19+/m1/s1. The van der Waals surface area contributed by atoms with Crippen LogP contribution in [0.3, 0.4) is 0 Å². The van der Waals surface area contributed by atoms with Gasteiger partial charge in [0, 0.05) is 17.1 Å². The minimum absolute atomic E-state index is 0.0516. The number of amides is 2. The molecule has 0 heterocycles. The quantitative estimate of drug-likeness (QED) is 0.568. The Morgan fingerprint density at radius 3 is 2.40 bits per heavy atom. The highest BCUT2D eigenvalue weighted by molar-refractivity contribution is 9.10. The number of carbonyl (C=O) groups excluding carboxylic acids is 2. The predicted molar refractivity (Wildman–Crippen MR) is 123 cm³/mol.